The molecule has 0 aromatic carbocycles. The van der Waals surface area contributed by atoms with Crippen molar-refractivity contribution in [3.63, 3.8) is 0 Å². The molecule has 2 aromatic rings. The van der Waals surface area contributed by atoms with Gasteiger partial charge in [0, 0.05) is 25.4 Å². The number of aryl methyl sites for hydroxylation is 2. The molecule has 0 bridgehead atoms. The van der Waals surface area contributed by atoms with Crippen molar-refractivity contribution in [2.45, 2.75) is 45.3 Å². The largest absolute Gasteiger partial charge is 0.347 e. The van der Waals surface area contributed by atoms with Gasteiger partial charge in [0.15, 0.2) is 0 Å². The minimum atomic E-state index is -0.370. The summed E-state index contributed by atoms with van der Waals surface area (Å²) in [7, 11) is 0. The molecule has 106 valence electrons. The van der Waals surface area contributed by atoms with E-state index in [0.29, 0.717) is 18.8 Å². The van der Waals surface area contributed by atoms with Crippen LogP contribution in [0.1, 0.15) is 37.5 Å². The lowest BCUT2D eigenvalue weighted by Gasteiger charge is -2.17. The van der Waals surface area contributed by atoms with Crippen molar-refractivity contribution >= 4 is 6.29 Å². The van der Waals surface area contributed by atoms with Gasteiger partial charge in [-0.15, -0.1) is 0 Å². The number of rotatable bonds is 4. The summed E-state index contributed by atoms with van der Waals surface area (Å²) in [4.78, 5) is 27.7. The monoisotopic (exact) mass is 275 g/mol. The smallest absolute Gasteiger partial charge is 0.334 e. The number of hydrogen-bond donors (Lipinski definition) is 0. The molecule has 2 aromatic heterocycles. The Hall–Kier alpha value is -2.18. The van der Waals surface area contributed by atoms with Crippen LogP contribution in [-0.4, -0.2) is 30.2 Å². The van der Waals surface area contributed by atoms with Crippen molar-refractivity contribution in [3.8, 4) is 0 Å². The van der Waals surface area contributed by atoms with Crippen molar-refractivity contribution < 1.29 is 4.79 Å². The maximum absolute atomic E-state index is 12.4. The molecule has 0 saturated carbocycles. The van der Waals surface area contributed by atoms with E-state index in [0.717, 1.165) is 31.5 Å². The summed E-state index contributed by atoms with van der Waals surface area (Å²) >= 11 is 0. The van der Waals surface area contributed by atoms with Gasteiger partial charge in [-0.05, 0) is 19.8 Å². The number of aromatic nitrogens is 5. The normalized spacial score (nSPS) is 17.9. The Bertz CT molecular complexity index is 681. The van der Waals surface area contributed by atoms with Crippen molar-refractivity contribution in [1.82, 2.24) is 23.9 Å². The van der Waals surface area contributed by atoms with E-state index in [-0.39, 0.29) is 11.7 Å². The molecule has 0 spiro atoms. The fraction of sp³-hybridized carbons (Fsp3) is 0.538. The molecule has 7 nitrogen and oxygen atoms in total. The molecule has 0 N–H and O–H groups in total. The van der Waals surface area contributed by atoms with E-state index < -0.39 is 0 Å². The van der Waals surface area contributed by atoms with Crippen LogP contribution in [0, 0.1) is 0 Å². The molecule has 0 aliphatic carbocycles. The summed E-state index contributed by atoms with van der Waals surface area (Å²) in [5.74, 6) is 1.50. The number of fused-ring (bicyclic) bond motifs is 1. The van der Waals surface area contributed by atoms with Gasteiger partial charge in [0.05, 0.1) is 6.04 Å². The number of aldehydes is 1. The fourth-order valence-electron chi connectivity index (χ4n) is 2.71. The molecule has 3 heterocycles. The summed E-state index contributed by atoms with van der Waals surface area (Å²) in [6.07, 6.45) is 6.78. The molecule has 0 saturated heterocycles. The Morgan fingerprint density at radius 1 is 1.50 bits per heavy atom. The third-order valence-electron chi connectivity index (χ3n) is 3.76. The fourth-order valence-corrected chi connectivity index (χ4v) is 2.71. The second-order valence-electron chi connectivity index (χ2n) is 4.95. The number of carbonyl (C=O) groups excluding carboxylic acids is 1. The second-order valence-corrected chi connectivity index (χ2v) is 4.95. The van der Waals surface area contributed by atoms with E-state index in [1.165, 1.54) is 9.25 Å². The molecule has 1 unspecified atom stereocenters. The van der Waals surface area contributed by atoms with Gasteiger partial charge in [-0.2, -0.15) is 5.10 Å². The highest BCUT2D eigenvalue weighted by Gasteiger charge is 2.25. The molecule has 0 fully saturated rings. The zero-order valence-electron chi connectivity index (χ0n) is 11.4. The van der Waals surface area contributed by atoms with Crippen molar-refractivity contribution in [3.05, 3.63) is 34.5 Å². The molecule has 3 rings (SSSR count). The van der Waals surface area contributed by atoms with E-state index in [1.807, 2.05) is 17.7 Å². The first kappa shape index (κ1) is 12.8. The highest BCUT2D eigenvalue weighted by molar-refractivity contribution is 5.56. The van der Waals surface area contributed by atoms with Gasteiger partial charge in [-0.1, -0.05) is 0 Å². The summed E-state index contributed by atoms with van der Waals surface area (Å²) in [6, 6.07) is -0.370. The van der Waals surface area contributed by atoms with Gasteiger partial charge in [-0.25, -0.2) is 14.5 Å². The van der Waals surface area contributed by atoms with Crippen LogP contribution >= 0.6 is 0 Å². The van der Waals surface area contributed by atoms with Gasteiger partial charge in [0.25, 0.3) is 0 Å². The maximum atomic E-state index is 12.4. The van der Waals surface area contributed by atoms with Crippen LogP contribution in [0.25, 0.3) is 0 Å². The predicted octanol–water partition coefficient (Wildman–Crippen LogP) is 0.386. The summed E-state index contributed by atoms with van der Waals surface area (Å²) in [5.41, 5.74) is -0.220. The first-order valence-corrected chi connectivity index (χ1v) is 6.88. The Labute approximate surface area is 115 Å². The molecule has 1 aliphatic heterocycles. The minimum absolute atomic E-state index is 0.220. The third kappa shape index (κ3) is 1.99. The summed E-state index contributed by atoms with van der Waals surface area (Å²) in [6.45, 7) is 3.16. The maximum Gasteiger partial charge on any atom is 0.347 e. The zero-order chi connectivity index (χ0) is 14.1. The SMILES string of the molecule is CCn1ccnc1Cn1nc2n(c1=O)C(C=O)CCC2. The van der Waals surface area contributed by atoms with Crippen LogP contribution in [0.15, 0.2) is 17.2 Å². The highest BCUT2D eigenvalue weighted by atomic mass is 16.2. The average Bonchev–Trinajstić information content (AvgIpc) is 3.04. The lowest BCUT2D eigenvalue weighted by atomic mass is 10.1. The topological polar surface area (TPSA) is 74.7 Å². The van der Waals surface area contributed by atoms with Crippen LogP contribution in [0.2, 0.25) is 0 Å². The van der Waals surface area contributed by atoms with E-state index >= 15 is 0 Å². The highest BCUT2D eigenvalue weighted by Crippen LogP contribution is 2.19. The molecule has 1 aliphatic rings. The Kier molecular flexibility index (Phi) is 3.25. The zero-order valence-corrected chi connectivity index (χ0v) is 11.4. The van der Waals surface area contributed by atoms with Gasteiger partial charge < -0.3 is 9.36 Å². The van der Waals surface area contributed by atoms with Crippen LogP contribution in [-0.2, 0) is 24.3 Å². The minimum Gasteiger partial charge on any atom is -0.334 e. The predicted molar refractivity (Wildman–Crippen MR) is 71.5 cm³/mol. The first-order valence-electron chi connectivity index (χ1n) is 6.88. The molecule has 0 radical (unpaired) electrons. The third-order valence-corrected chi connectivity index (χ3v) is 3.76. The van der Waals surface area contributed by atoms with Crippen LogP contribution in [0.3, 0.4) is 0 Å². The van der Waals surface area contributed by atoms with E-state index in [2.05, 4.69) is 10.1 Å². The molecular formula is C13H17N5O2. The van der Waals surface area contributed by atoms with Crippen molar-refractivity contribution in [2.24, 2.45) is 0 Å². The molecular weight excluding hydrogens is 258 g/mol. The Morgan fingerprint density at radius 2 is 2.35 bits per heavy atom. The Morgan fingerprint density at radius 3 is 3.10 bits per heavy atom. The van der Waals surface area contributed by atoms with Gasteiger partial charge >= 0.3 is 5.69 Å². The van der Waals surface area contributed by atoms with E-state index in [9.17, 15) is 9.59 Å². The quantitative estimate of drug-likeness (QED) is 0.756. The number of imidazole rings is 1. The second kappa shape index (κ2) is 5.07. The van der Waals surface area contributed by atoms with Gasteiger partial charge in [-0.3, -0.25) is 4.57 Å². The molecule has 7 heteroatoms. The molecule has 0 amide bonds. The van der Waals surface area contributed by atoms with E-state index in [1.54, 1.807) is 6.20 Å². The number of carbonyl (C=O) groups is 1. The lowest BCUT2D eigenvalue weighted by molar-refractivity contribution is -0.111. The lowest BCUT2D eigenvalue weighted by Crippen LogP contribution is -2.31. The van der Waals surface area contributed by atoms with Crippen LogP contribution in [0.5, 0.6) is 0 Å². The van der Waals surface area contributed by atoms with Crippen molar-refractivity contribution in [1.29, 1.82) is 0 Å². The number of nitrogens with zero attached hydrogens (tertiary/aromatic N) is 5. The average molecular weight is 275 g/mol. The van der Waals surface area contributed by atoms with Gasteiger partial charge in [0.2, 0.25) is 0 Å². The summed E-state index contributed by atoms with van der Waals surface area (Å²) in [5, 5.41) is 4.35. The van der Waals surface area contributed by atoms with E-state index in [4.69, 9.17) is 0 Å². The van der Waals surface area contributed by atoms with Crippen LogP contribution < -0.4 is 5.69 Å². The number of hydrogen-bond acceptors (Lipinski definition) is 4. The first-order chi connectivity index (χ1) is 9.74. The standard InChI is InChI=1S/C13H17N5O2/c1-2-16-7-6-14-12(16)8-17-13(20)18-10(9-19)4-3-5-11(18)15-17/h6-7,9-10H,2-5,8H2,1H3. The molecule has 20 heavy (non-hydrogen) atoms. The molecule has 1 atom stereocenters. The van der Waals surface area contributed by atoms with Crippen molar-refractivity contribution in [2.75, 3.05) is 0 Å². The Balaban J connectivity index is 1.98. The van der Waals surface area contributed by atoms with Crippen LogP contribution in [0.4, 0.5) is 0 Å². The van der Waals surface area contributed by atoms with Gasteiger partial charge in [0.1, 0.15) is 24.5 Å². The summed E-state index contributed by atoms with van der Waals surface area (Å²) < 4.78 is 4.91.